The minimum Gasteiger partial charge on any atom is -0.457 e. The van der Waals surface area contributed by atoms with E-state index in [1.54, 1.807) is 12.1 Å². The van der Waals surface area contributed by atoms with E-state index >= 15 is 0 Å². The summed E-state index contributed by atoms with van der Waals surface area (Å²) in [6.07, 6.45) is 0. The van der Waals surface area contributed by atoms with Crippen LogP contribution >= 0.6 is 0 Å². The normalized spacial score (nSPS) is 10.4. The lowest BCUT2D eigenvalue weighted by Gasteiger charge is -2.12. The fourth-order valence-corrected chi connectivity index (χ4v) is 1.97. The van der Waals surface area contributed by atoms with Crippen molar-refractivity contribution in [1.82, 2.24) is 5.32 Å². The van der Waals surface area contributed by atoms with Gasteiger partial charge in [0.15, 0.2) is 0 Å². The van der Waals surface area contributed by atoms with Crippen molar-refractivity contribution >= 4 is 5.69 Å². The Morgan fingerprint density at radius 2 is 1.90 bits per heavy atom. The molecule has 5 heteroatoms. The second kappa shape index (κ2) is 6.85. The number of non-ortho nitro benzene ring substituents is 1. The zero-order valence-electron chi connectivity index (χ0n) is 12.1. The first-order chi connectivity index (χ1) is 10.1. The summed E-state index contributed by atoms with van der Waals surface area (Å²) in [6, 6.07) is 12.1. The Hall–Kier alpha value is -2.40. The molecule has 0 unspecified atom stereocenters. The molecule has 0 aliphatic carbocycles. The van der Waals surface area contributed by atoms with Gasteiger partial charge in [-0.1, -0.05) is 24.6 Å². The van der Waals surface area contributed by atoms with E-state index in [2.05, 4.69) is 11.4 Å². The number of ether oxygens (including phenoxy) is 1. The second-order valence-electron chi connectivity index (χ2n) is 4.74. The number of rotatable bonds is 6. The molecule has 0 spiro atoms. The maximum Gasteiger partial charge on any atom is 0.269 e. The number of aryl methyl sites for hydroxylation is 1. The van der Waals surface area contributed by atoms with Gasteiger partial charge in [0.25, 0.3) is 5.69 Å². The Morgan fingerprint density at radius 1 is 1.19 bits per heavy atom. The summed E-state index contributed by atoms with van der Waals surface area (Å²) in [6.45, 7) is 5.68. The van der Waals surface area contributed by atoms with Gasteiger partial charge in [-0.2, -0.15) is 0 Å². The Bertz CT molecular complexity index is 624. The molecule has 0 saturated carbocycles. The van der Waals surface area contributed by atoms with Crippen LogP contribution in [0.3, 0.4) is 0 Å². The van der Waals surface area contributed by atoms with Gasteiger partial charge in [0, 0.05) is 24.2 Å². The van der Waals surface area contributed by atoms with Crippen molar-refractivity contribution in [3.63, 3.8) is 0 Å². The summed E-state index contributed by atoms with van der Waals surface area (Å²) in [5.41, 5.74) is 2.29. The van der Waals surface area contributed by atoms with Crippen LogP contribution in [-0.4, -0.2) is 11.5 Å². The van der Waals surface area contributed by atoms with Gasteiger partial charge in [-0.05, 0) is 31.7 Å². The zero-order chi connectivity index (χ0) is 15.2. The summed E-state index contributed by atoms with van der Waals surface area (Å²) < 4.78 is 5.83. The molecule has 0 bridgehead atoms. The lowest BCUT2D eigenvalue weighted by Crippen LogP contribution is -2.12. The first-order valence-electron chi connectivity index (χ1n) is 6.82. The number of hydrogen-bond acceptors (Lipinski definition) is 4. The molecular formula is C16H18N2O3. The molecule has 2 aromatic carbocycles. The highest BCUT2D eigenvalue weighted by Crippen LogP contribution is 2.27. The molecule has 0 atom stereocenters. The minimum atomic E-state index is -0.424. The molecule has 21 heavy (non-hydrogen) atoms. The average Bonchev–Trinajstić information content (AvgIpc) is 2.48. The van der Waals surface area contributed by atoms with E-state index in [9.17, 15) is 10.1 Å². The maximum atomic E-state index is 10.6. The number of benzene rings is 2. The van der Waals surface area contributed by atoms with Gasteiger partial charge in [-0.3, -0.25) is 10.1 Å². The van der Waals surface area contributed by atoms with E-state index in [0.717, 1.165) is 24.4 Å². The first kappa shape index (κ1) is 15.0. The van der Waals surface area contributed by atoms with Crippen molar-refractivity contribution in [1.29, 1.82) is 0 Å². The second-order valence-corrected chi connectivity index (χ2v) is 4.74. The summed E-state index contributed by atoms with van der Waals surface area (Å²) in [7, 11) is 0. The van der Waals surface area contributed by atoms with Crippen LogP contribution in [0.25, 0.3) is 0 Å². The van der Waals surface area contributed by atoms with Crippen molar-refractivity contribution < 1.29 is 9.66 Å². The van der Waals surface area contributed by atoms with Crippen LogP contribution in [-0.2, 0) is 6.54 Å². The monoisotopic (exact) mass is 286 g/mol. The molecular weight excluding hydrogens is 268 g/mol. The third-order valence-corrected chi connectivity index (χ3v) is 3.06. The highest BCUT2D eigenvalue weighted by atomic mass is 16.6. The van der Waals surface area contributed by atoms with Gasteiger partial charge < -0.3 is 10.1 Å². The summed E-state index contributed by atoms with van der Waals surface area (Å²) in [5.74, 6) is 1.35. The summed E-state index contributed by atoms with van der Waals surface area (Å²) >= 11 is 0. The molecule has 0 aliphatic rings. The lowest BCUT2D eigenvalue weighted by atomic mass is 10.1. The lowest BCUT2D eigenvalue weighted by molar-refractivity contribution is -0.384. The van der Waals surface area contributed by atoms with Crippen LogP contribution < -0.4 is 10.1 Å². The molecule has 0 heterocycles. The SMILES string of the molecule is CCNCc1cc(C)ccc1Oc1ccc([N+](=O)[O-])cc1. The van der Waals surface area contributed by atoms with Crippen LogP contribution in [0, 0.1) is 17.0 Å². The van der Waals surface area contributed by atoms with Gasteiger partial charge >= 0.3 is 0 Å². The number of nitrogens with one attached hydrogen (secondary N) is 1. The quantitative estimate of drug-likeness (QED) is 0.648. The van der Waals surface area contributed by atoms with Crippen molar-refractivity contribution in [3.8, 4) is 11.5 Å². The van der Waals surface area contributed by atoms with Gasteiger partial charge in [0.2, 0.25) is 0 Å². The molecule has 0 aliphatic heterocycles. The van der Waals surface area contributed by atoms with E-state index in [4.69, 9.17) is 4.74 Å². The molecule has 5 nitrogen and oxygen atoms in total. The standard InChI is InChI=1S/C16H18N2O3/c1-3-17-11-13-10-12(2)4-9-16(13)21-15-7-5-14(6-8-15)18(19)20/h4-10,17H,3,11H2,1-2H3. The Balaban J connectivity index is 2.19. The third-order valence-electron chi connectivity index (χ3n) is 3.06. The predicted octanol–water partition coefficient (Wildman–Crippen LogP) is 3.81. The molecule has 0 amide bonds. The summed E-state index contributed by atoms with van der Waals surface area (Å²) in [4.78, 5) is 10.2. The van der Waals surface area contributed by atoms with Crippen molar-refractivity contribution in [2.75, 3.05) is 6.54 Å². The van der Waals surface area contributed by atoms with E-state index < -0.39 is 4.92 Å². The number of nitro benzene ring substituents is 1. The van der Waals surface area contributed by atoms with E-state index in [-0.39, 0.29) is 5.69 Å². The third kappa shape index (κ3) is 4.03. The fraction of sp³-hybridized carbons (Fsp3) is 0.250. The van der Waals surface area contributed by atoms with E-state index in [0.29, 0.717) is 5.75 Å². The molecule has 1 N–H and O–H groups in total. The van der Waals surface area contributed by atoms with Crippen molar-refractivity contribution in [2.24, 2.45) is 0 Å². The molecule has 2 rings (SSSR count). The van der Waals surface area contributed by atoms with Crippen molar-refractivity contribution in [2.45, 2.75) is 20.4 Å². The largest absolute Gasteiger partial charge is 0.457 e. The Kier molecular flexibility index (Phi) is 4.90. The van der Waals surface area contributed by atoms with Gasteiger partial charge in [0.05, 0.1) is 4.92 Å². The topological polar surface area (TPSA) is 64.4 Å². The van der Waals surface area contributed by atoms with Crippen LogP contribution in [0.2, 0.25) is 0 Å². The number of nitro groups is 1. The summed E-state index contributed by atoms with van der Waals surface area (Å²) in [5, 5.41) is 13.9. The van der Waals surface area contributed by atoms with Crippen molar-refractivity contribution in [3.05, 3.63) is 63.7 Å². The average molecular weight is 286 g/mol. The molecule has 110 valence electrons. The zero-order valence-corrected chi connectivity index (χ0v) is 12.1. The minimum absolute atomic E-state index is 0.0547. The van der Waals surface area contributed by atoms with Crippen LogP contribution in [0.1, 0.15) is 18.1 Å². The first-order valence-corrected chi connectivity index (χ1v) is 6.82. The van der Waals surface area contributed by atoms with Crippen LogP contribution in [0.15, 0.2) is 42.5 Å². The van der Waals surface area contributed by atoms with Crippen LogP contribution in [0.4, 0.5) is 5.69 Å². The molecule has 0 saturated heterocycles. The van der Waals surface area contributed by atoms with Gasteiger partial charge in [0.1, 0.15) is 11.5 Å². The highest BCUT2D eigenvalue weighted by Gasteiger charge is 2.08. The number of nitrogens with zero attached hydrogens (tertiary/aromatic N) is 1. The highest BCUT2D eigenvalue weighted by molar-refractivity contribution is 5.42. The van der Waals surface area contributed by atoms with Gasteiger partial charge in [-0.15, -0.1) is 0 Å². The van der Waals surface area contributed by atoms with Gasteiger partial charge in [-0.25, -0.2) is 0 Å². The smallest absolute Gasteiger partial charge is 0.269 e. The van der Waals surface area contributed by atoms with Crippen LogP contribution in [0.5, 0.6) is 11.5 Å². The Morgan fingerprint density at radius 3 is 2.52 bits per heavy atom. The maximum absolute atomic E-state index is 10.6. The molecule has 0 aromatic heterocycles. The Labute approximate surface area is 123 Å². The fourth-order valence-electron chi connectivity index (χ4n) is 1.97. The molecule has 0 fully saturated rings. The predicted molar refractivity (Wildman–Crippen MR) is 81.7 cm³/mol. The number of hydrogen-bond donors (Lipinski definition) is 1. The molecule has 2 aromatic rings. The van der Waals surface area contributed by atoms with E-state index in [1.807, 2.05) is 26.0 Å². The molecule has 0 radical (unpaired) electrons. The van der Waals surface area contributed by atoms with E-state index in [1.165, 1.54) is 17.7 Å².